The third-order valence-corrected chi connectivity index (χ3v) is 5.46. The van der Waals surface area contributed by atoms with E-state index in [-0.39, 0.29) is 0 Å². The van der Waals surface area contributed by atoms with Crippen molar-refractivity contribution in [2.24, 2.45) is 17.3 Å². The normalized spacial score (nSPS) is 50.5. The van der Waals surface area contributed by atoms with Gasteiger partial charge in [0.1, 0.15) is 0 Å². The molecule has 0 aliphatic heterocycles. The van der Waals surface area contributed by atoms with Crippen molar-refractivity contribution in [3.05, 3.63) is 35.9 Å². The summed E-state index contributed by atoms with van der Waals surface area (Å²) in [6.07, 6.45) is 5.97. The fraction of sp³-hybridized carbons (Fsp3) is 0.600. The average Bonchev–Trinajstić information content (AvgIpc) is 2.65. The van der Waals surface area contributed by atoms with Gasteiger partial charge in [0.2, 0.25) is 0 Å². The molecule has 4 rings (SSSR count). The predicted molar refractivity (Wildman–Crippen MR) is 61.7 cm³/mol. The lowest BCUT2D eigenvalue weighted by Crippen LogP contribution is -2.50. The molecule has 0 spiro atoms. The van der Waals surface area contributed by atoms with Gasteiger partial charge in [-0.25, -0.2) is 0 Å². The second-order valence-corrected chi connectivity index (χ2v) is 6.49. The highest BCUT2D eigenvalue weighted by atomic mass is 14.7. The minimum atomic E-state index is 0.610. The van der Waals surface area contributed by atoms with Gasteiger partial charge in [-0.15, -0.1) is 0 Å². The van der Waals surface area contributed by atoms with Crippen molar-refractivity contribution in [1.29, 1.82) is 0 Å². The Hall–Kier alpha value is -0.780. The van der Waals surface area contributed by atoms with Gasteiger partial charge >= 0.3 is 0 Å². The molecular weight excluding hydrogens is 180 g/mol. The first kappa shape index (κ1) is 8.38. The Kier molecular flexibility index (Phi) is 1.29. The van der Waals surface area contributed by atoms with Crippen LogP contribution in [0.3, 0.4) is 0 Å². The summed E-state index contributed by atoms with van der Waals surface area (Å²) in [4.78, 5) is 0. The largest absolute Gasteiger partial charge is 0.0622 e. The van der Waals surface area contributed by atoms with Crippen LogP contribution in [0.25, 0.3) is 0 Å². The molecule has 4 unspecified atom stereocenters. The van der Waals surface area contributed by atoms with E-state index in [2.05, 4.69) is 37.3 Å². The maximum atomic E-state index is 2.52. The molecule has 1 aromatic rings. The standard InChI is InChI=1S/C15H18/c1-14-7-11-8-15(10-14,13(11)9-14)12-5-3-2-4-6-12/h2-6,11,13H,7-10H2,1H3. The van der Waals surface area contributed by atoms with Crippen LogP contribution in [0.4, 0.5) is 0 Å². The van der Waals surface area contributed by atoms with Gasteiger partial charge in [-0.1, -0.05) is 37.3 Å². The van der Waals surface area contributed by atoms with Gasteiger partial charge in [0, 0.05) is 0 Å². The molecule has 0 aromatic heterocycles. The van der Waals surface area contributed by atoms with Crippen molar-refractivity contribution in [3.8, 4) is 0 Å². The zero-order valence-electron chi connectivity index (χ0n) is 9.37. The molecule has 15 heavy (non-hydrogen) atoms. The molecule has 0 radical (unpaired) electrons. The summed E-state index contributed by atoms with van der Waals surface area (Å²) >= 11 is 0. The summed E-state index contributed by atoms with van der Waals surface area (Å²) in [6, 6.07) is 11.3. The first-order valence-corrected chi connectivity index (χ1v) is 6.28. The Morgan fingerprint density at radius 2 is 1.87 bits per heavy atom. The van der Waals surface area contributed by atoms with E-state index in [1.807, 2.05) is 0 Å². The van der Waals surface area contributed by atoms with Crippen LogP contribution in [0.15, 0.2) is 30.3 Å². The molecule has 3 aliphatic carbocycles. The minimum absolute atomic E-state index is 0.610. The van der Waals surface area contributed by atoms with Gasteiger partial charge in [-0.3, -0.25) is 0 Å². The molecule has 3 saturated carbocycles. The van der Waals surface area contributed by atoms with E-state index >= 15 is 0 Å². The zero-order chi connectivity index (χ0) is 10.1. The van der Waals surface area contributed by atoms with Crippen molar-refractivity contribution in [2.75, 3.05) is 0 Å². The van der Waals surface area contributed by atoms with Crippen molar-refractivity contribution in [2.45, 2.75) is 38.0 Å². The lowest BCUT2D eigenvalue weighted by Gasteiger charge is -2.55. The highest BCUT2D eigenvalue weighted by molar-refractivity contribution is 5.36. The molecule has 1 aromatic carbocycles. The maximum Gasteiger partial charge on any atom is -0.000799 e. The predicted octanol–water partition coefficient (Wildman–Crippen LogP) is 3.76. The van der Waals surface area contributed by atoms with E-state index in [9.17, 15) is 0 Å². The second-order valence-electron chi connectivity index (χ2n) is 6.49. The van der Waals surface area contributed by atoms with Crippen LogP contribution in [-0.2, 0) is 5.41 Å². The summed E-state index contributed by atoms with van der Waals surface area (Å²) in [5.41, 5.74) is 2.94. The molecule has 0 heterocycles. The van der Waals surface area contributed by atoms with E-state index in [0.29, 0.717) is 10.8 Å². The fourth-order valence-electron chi connectivity index (χ4n) is 5.19. The summed E-state index contributed by atoms with van der Waals surface area (Å²) < 4.78 is 0. The zero-order valence-corrected chi connectivity index (χ0v) is 9.37. The van der Waals surface area contributed by atoms with E-state index in [0.717, 1.165) is 11.8 Å². The quantitative estimate of drug-likeness (QED) is 0.644. The number of hydrogen-bond acceptors (Lipinski definition) is 0. The molecular formula is C15H18. The van der Waals surface area contributed by atoms with E-state index in [4.69, 9.17) is 0 Å². The fourth-order valence-corrected chi connectivity index (χ4v) is 5.19. The Morgan fingerprint density at radius 1 is 1.07 bits per heavy atom. The topological polar surface area (TPSA) is 0 Å². The second kappa shape index (κ2) is 2.31. The maximum absolute atomic E-state index is 2.52. The third kappa shape index (κ3) is 0.851. The van der Waals surface area contributed by atoms with Crippen LogP contribution < -0.4 is 0 Å². The van der Waals surface area contributed by atoms with Crippen molar-refractivity contribution in [3.63, 3.8) is 0 Å². The molecule has 4 atom stereocenters. The van der Waals surface area contributed by atoms with Gasteiger partial charge in [0.15, 0.2) is 0 Å². The van der Waals surface area contributed by atoms with E-state index in [1.54, 1.807) is 5.56 Å². The van der Waals surface area contributed by atoms with Gasteiger partial charge in [0.25, 0.3) is 0 Å². The molecule has 0 saturated heterocycles. The van der Waals surface area contributed by atoms with Crippen LogP contribution in [0.2, 0.25) is 0 Å². The van der Waals surface area contributed by atoms with Gasteiger partial charge in [-0.2, -0.15) is 0 Å². The third-order valence-electron chi connectivity index (χ3n) is 5.46. The smallest absolute Gasteiger partial charge is 0.000799 e. The number of benzene rings is 1. The summed E-state index contributed by atoms with van der Waals surface area (Å²) in [6.45, 7) is 2.52. The molecule has 78 valence electrons. The number of rotatable bonds is 1. The Labute approximate surface area is 91.7 Å². The van der Waals surface area contributed by atoms with Crippen LogP contribution >= 0.6 is 0 Å². The summed E-state index contributed by atoms with van der Waals surface area (Å²) in [7, 11) is 0. The van der Waals surface area contributed by atoms with E-state index < -0.39 is 0 Å². The minimum Gasteiger partial charge on any atom is -0.0622 e. The van der Waals surface area contributed by atoms with Crippen LogP contribution in [0, 0.1) is 17.3 Å². The highest BCUT2D eigenvalue weighted by Gasteiger charge is 2.68. The van der Waals surface area contributed by atoms with Gasteiger partial charge in [0.05, 0.1) is 0 Å². The molecule has 0 amide bonds. The molecule has 0 heteroatoms. The van der Waals surface area contributed by atoms with Crippen molar-refractivity contribution < 1.29 is 0 Å². The first-order chi connectivity index (χ1) is 7.22. The lowest BCUT2D eigenvalue weighted by molar-refractivity contribution is 0.0216. The number of hydrogen-bond donors (Lipinski definition) is 0. The van der Waals surface area contributed by atoms with Gasteiger partial charge < -0.3 is 0 Å². The summed E-state index contributed by atoms with van der Waals surface area (Å²) in [5, 5.41) is 0. The van der Waals surface area contributed by atoms with Crippen molar-refractivity contribution >= 4 is 0 Å². The van der Waals surface area contributed by atoms with Gasteiger partial charge in [-0.05, 0) is 53.9 Å². The van der Waals surface area contributed by atoms with Crippen LogP contribution in [0.1, 0.15) is 38.2 Å². The average molecular weight is 198 g/mol. The van der Waals surface area contributed by atoms with Crippen LogP contribution in [-0.4, -0.2) is 0 Å². The molecule has 2 bridgehead atoms. The van der Waals surface area contributed by atoms with Crippen LogP contribution in [0.5, 0.6) is 0 Å². The lowest BCUT2D eigenvalue weighted by atomic mass is 9.49. The molecule has 3 fully saturated rings. The molecule has 3 aliphatic rings. The Balaban J connectivity index is 1.81. The Bertz CT molecular complexity index is 407. The first-order valence-electron chi connectivity index (χ1n) is 6.28. The monoisotopic (exact) mass is 198 g/mol. The number of fused-ring (bicyclic) bond motifs is 1. The summed E-state index contributed by atoms with van der Waals surface area (Å²) in [5.74, 6) is 2.11. The van der Waals surface area contributed by atoms with E-state index in [1.165, 1.54) is 25.7 Å². The molecule has 0 nitrogen and oxygen atoms in total. The SMILES string of the molecule is CC12CC3CC(c4ccccc4)(C1)C3C2. The van der Waals surface area contributed by atoms with Crippen molar-refractivity contribution in [1.82, 2.24) is 0 Å². The Morgan fingerprint density at radius 3 is 2.47 bits per heavy atom. The highest BCUT2D eigenvalue weighted by Crippen LogP contribution is 2.75. The molecule has 0 N–H and O–H groups in total.